The summed E-state index contributed by atoms with van der Waals surface area (Å²) >= 11 is 0. The molecule has 2 aromatic carbocycles. The molecule has 5 amide bonds. The topological polar surface area (TPSA) is 91.4 Å². The highest BCUT2D eigenvalue weighted by Gasteiger charge is 2.41. The van der Waals surface area contributed by atoms with Gasteiger partial charge in [0.05, 0.1) is 25.6 Å². The van der Waals surface area contributed by atoms with E-state index < -0.39 is 0 Å². The number of anilines is 2. The summed E-state index contributed by atoms with van der Waals surface area (Å²) in [5.41, 5.74) is 1.10. The number of likely N-dealkylation sites (tertiary alicyclic amines) is 1. The summed E-state index contributed by atoms with van der Waals surface area (Å²) in [4.78, 5) is 42.8. The lowest BCUT2D eigenvalue weighted by Crippen LogP contribution is -2.49. The van der Waals surface area contributed by atoms with Crippen LogP contribution in [0.15, 0.2) is 48.5 Å². The molecule has 0 saturated carbocycles. The number of rotatable bonds is 5. The van der Waals surface area contributed by atoms with Crippen LogP contribution in [0.4, 0.5) is 21.0 Å². The molecule has 2 aliphatic heterocycles. The number of nitrogens with one attached hydrogen (secondary N) is 1. The number of methoxy groups -OCH3 is 2. The molecule has 2 heterocycles. The number of carbonyl (C=O) groups is 3. The molecule has 0 bridgehead atoms. The van der Waals surface area contributed by atoms with Crippen molar-refractivity contribution in [1.29, 1.82) is 0 Å². The van der Waals surface area contributed by atoms with Gasteiger partial charge in [0, 0.05) is 19.1 Å². The van der Waals surface area contributed by atoms with Crippen LogP contribution in [0.3, 0.4) is 0 Å². The van der Waals surface area contributed by atoms with E-state index in [4.69, 9.17) is 9.47 Å². The smallest absolute Gasteiger partial charge is 0.332 e. The van der Waals surface area contributed by atoms with Gasteiger partial charge in [-0.15, -0.1) is 0 Å². The molecule has 1 N–H and O–H groups in total. The van der Waals surface area contributed by atoms with Crippen LogP contribution < -0.4 is 19.7 Å². The molecule has 2 fully saturated rings. The summed E-state index contributed by atoms with van der Waals surface area (Å²) in [6, 6.07) is 13.6. The van der Waals surface area contributed by atoms with Crippen molar-refractivity contribution in [2.45, 2.75) is 18.9 Å². The fraction of sp³-hybridized carbons (Fsp3) is 0.348. The molecule has 0 radical (unpaired) electrons. The first-order chi connectivity index (χ1) is 15.5. The standard InChI is InChI=1S/C23H26N4O5/c1-31-19-10-6-9-18(21(19)32-2)24-22(29)25-13-11-16(12-14-25)26-15-20(28)27(23(26)30)17-7-4-3-5-8-17/h3-10,16H,11-15H2,1-2H3,(H,24,29). The summed E-state index contributed by atoms with van der Waals surface area (Å²) in [6.07, 6.45) is 1.20. The molecular weight excluding hydrogens is 412 g/mol. The summed E-state index contributed by atoms with van der Waals surface area (Å²) in [6.45, 7) is 1.02. The molecule has 2 saturated heterocycles. The van der Waals surface area contributed by atoms with Crippen LogP contribution in [0.25, 0.3) is 0 Å². The molecule has 9 heteroatoms. The lowest BCUT2D eigenvalue weighted by Gasteiger charge is -2.36. The van der Waals surface area contributed by atoms with Gasteiger partial charge in [-0.2, -0.15) is 0 Å². The van der Waals surface area contributed by atoms with Crippen LogP contribution >= 0.6 is 0 Å². The Balaban J connectivity index is 1.37. The zero-order valence-electron chi connectivity index (χ0n) is 18.1. The fourth-order valence-electron chi connectivity index (χ4n) is 4.20. The van der Waals surface area contributed by atoms with E-state index in [1.54, 1.807) is 52.3 Å². The highest BCUT2D eigenvalue weighted by molar-refractivity contribution is 6.19. The maximum atomic E-state index is 12.9. The first kappa shape index (κ1) is 21.5. The third kappa shape index (κ3) is 4.05. The van der Waals surface area contributed by atoms with Crippen LogP contribution in [0.1, 0.15) is 12.8 Å². The van der Waals surface area contributed by atoms with E-state index >= 15 is 0 Å². The highest BCUT2D eigenvalue weighted by atomic mass is 16.5. The number of ether oxygens (including phenoxy) is 2. The Morgan fingerprint density at radius 2 is 1.69 bits per heavy atom. The number of piperidine rings is 1. The molecule has 0 spiro atoms. The van der Waals surface area contributed by atoms with Crippen molar-refractivity contribution in [2.24, 2.45) is 0 Å². The number of benzene rings is 2. The SMILES string of the molecule is COc1cccc(NC(=O)N2CCC(N3CC(=O)N(c4ccccc4)C3=O)CC2)c1OC. The predicted octanol–water partition coefficient (Wildman–Crippen LogP) is 3.17. The minimum absolute atomic E-state index is 0.0611. The third-order valence-electron chi connectivity index (χ3n) is 5.84. The number of nitrogens with zero attached hydrogens (tertiary/aromatic N) is 3. The van der Waals surface area contributed by atoms with Crippen LogP contribution in [-0.2, 0) is 4.79 Å². The van der Waals surface area contributed by atoms with E-state index in [1.165, 1.54) is 19.1 Å². The molecule has 2 aliphatic rings. The minimum Gasteiger partial charge on any atom is -0.493 e. The van der Waals surface area contributed by atoms with Gasteiger partial charge >= 0.3 is 12.1 Å². The van der Waals surface area contributed by atoms with Gasteiger partial charge in [0.1, 0.15) is 6.54 Å². The van der Waals surface area contributed by atoms with Crippen molar-refractivity contribution in [3.05, 3.63) is 48.5 Å². The number of carbonyl (C=O) groups excluding carboxylic acids is 3. The van der Waals surface area contributed by atoms with Gasteiger partial charge in [-0.05, 0) is 37.1 Å². The Morgan fingerprint density at radius 3 is 2.34 bits per heavy atom. The van der Waals surface area contributed by atoms with Crippen LogP contribution in [-0.4, -0.2) is 67.7 Å². The van der Waals surface area contributed by atoms with E-state index in [1.807, 2.05) is 6.07 Å². The molecule has 0 atom stereocenters. The van der Waals surface area contributed by atoms with Gasteiger partial charge in [-0.3, -0.25) is 4.79 Å². The molecule has 4 rings (SSSR count). The van der Waals surface area contributed by atoms with E-state index in [0.717, 1.165) is 0 Å². The summed E-state index contributed by atoms with van der Waals surface area (Å²) < 4.78 is 10.6. The number of hydrogen-bond donors (Lipinski definition) is 1. The van der Waals surface area contributed by atoms with Gasteiger partial charge < -0.3 is 24.6 Å². The van der Waals surface area contributed by atoms with Crippen LogP contribution in [0.2, 0.25) is 0 Å². The number of para-hydroxylation sites is 2. The Labute approximate surface area is 186 Å². The van der Waals surface area contributed by atoms with Crippen molar-refractivity contribution >= 4 is 29.3 Å². The summed E-state index contributed by atoms with van der Waals surface area (Å²) in [7, 11) is 3.06. The second-order valence-corrected chi connectivity index (χ2v) is 7.66. The second kappa shape index (κ2) is 9.17. The Kier molecular flexibility index (Phi) is 6.16. The van der Waals surface area contributed by atoms with Crippen LogP contribution in [0.5, 0.6) is 11.5 Å². The molecule has 32 heavy (non-hydrogen) atoms. The first-order valence-electron chi connectivity index (χ1n) is 10.5. The first-order valence-corrected chi connectivity index (χ1v) is 10.5. The Hall–Kier alpha value is -3.75. The largest absolute Gasteiger partial charge is 0.493 e. The average molecular weight is 438 g/mol. The zero-order chi connectivity index (χ0) is 22.7. The van der Waals surface area contributed by atoms with Gasteiger partial charge in [0.2, 0.25) is 0 Å². The average Bonchev–Trinajstić information content (AvgIpc) is 3.13. The van der Waals surface area contributed by atoms with Crippen molar-refractivity contribution in [3.63, 3.8) is 0 Å². The number of hydrogen-bond acceptors (Lipinski definition) is 5. The van der Waals surface area contributed by atoms with Crippen molar-refractivity contribution in [2.75, 3.05) is 44.1 Å². The predicted molar refractivity (Wildman–Crippen MR) is 119 cm³/mol. The monoisotopic (exact) mass is 438 g/mol. The molecule has 0 aromatic heterocycles. The van der Waals surface area contributed by atoms with E-state index in [9.17, 15) is 14.4 Å². The highest BCUT2D eigenvalue weighted by Crippen LogP contribution is 2.35. The van der Waals surface area contributed by atoms with Gasteiger partial charge in [-0.1, -0.05) is 24.3 Å². The number of urea groups is 2. The quantitative estimate of drug-likeness (QED) is 0.724. The van der Waals surface area contributed by atoms with E-state index in [2.05, 4.69) is 5.32 Å². The Bertz CT molecular complexity index is 1000. The third-order valence-corrected chi connectivity index (χ3v) is 5.84. The Morgan fingerprint density at radius 1 is 0.969 bits per heavy atom. The van der Waals surface area contributed by atoms with Gasteiger partial charge in [-0.25, -0.2) is 14.5 Å². The lowest BCUT2D eigenvalue weighted by molar-refractivity contribution is -0.116. The summed E-state index contributed by atoms with van der Waals surface area (Å²) in [5.74, 6) is 0.760. The van der Waals surface area contributed by atoms with Gasteiger partial charge in [0.25, 0.3) is 5.91 Å². The maximum Gasteiger partial charge on any atom is 0.332 e. The van der Waals surface area contributed by atoms with Crippen molar-refractivity contribution in [3.8, 4) is 11.5 Å². The minimum atomic E-state index is -0.301. The molecule has 0 unspecified atom stereocenters. The molecular formula is C23H26N4O5. The normalized spacial score (nSPS) is 17.0. The van der Waals surface area contributed by atoms with E-state index in [0.29, 0.717) is 48.8 Å². The van der Waals surface area contributed by atoms with Crippen LogP contribution in [0, 0.1) is 0 Å². The lowest BCUT2D eigenvalue weighted by atomic mass is 10.0. The molecule has 2 aromatic rings. The maximum absolute atomic E-state index is 12.9. The number of imide groups is 1. The molecule has 9 nitrogen and oxygen atoms in total. The van der Waals surface area contributed by atoms with E-state index in [-0.39, 0.29) is 30.6 Å². The molecule has 168 valence electrons. The second-order valence-electron chi connectivity index (χ2n) is 7.66. The van der Waals surface area contributed by atoms with Crippen molar-refractivity contribution in [1.82, 2.24) is 9.80 Å². The fourth-order valence-corrected chi connectivity index (χ4v) is 4.20. The zero-order valence-corrected chi connectivity index (χ0v) is 18.1. The summed E-state index contributed by atoms with van der Waals surface area (Å²) in [5, 5.41) is 2.87. The molecule has 0 aliphatic carbocycles. The van der Waals surface area contributed by atoms with Gasteiger partial charge in [0.15, 0.2) is 11.5 Å². The van der Waals surface area contributed by atoms with Crippen molar-refractivity contribution < 1.29 is 23.9 Å². The number of amides is 5.